The number of halogens is 3. The molecule has 160 valence electrons. The molecular weight excluding hydrogens is 411 g/mol. The summed E-state index contributed by atoms with van der Waals surface area (Å²) in [5, 5.41) is 13.7. The summed E-state index contributed by atoms with van der Waals surface area (Å²) in [5.41, 5.74) is 0.385. The Kier molecular flexibility index (Phi) is 5.83. The number of anilines is 4. The minimum atomic E-state index is -1.62. The standard InChI is InChI=1S/C20H18F3N7O/c21-14-3-4-15(19(23)18(14)22)26-20(31)30-10-8-29(9-11-30)17-6-5-16(27-28-17)25-13-2-1-7-24-12-13/h1-7,12H,8-11H2,(H,25,27)(H,26,31). The molecule has 1 fully saturated rings. The van der Waals surface area contributed by atoms with E-state index < -0.39 is 29.2 Å². The molecule has 0 spiro atoms. The SMILES string of the molecule is O=C(Nc1ccc(F)c(F)c1F)N1CCN(c2ccc(Nc3cccnc3)nn2)CC1. The molecule has 1 aliphatic rings. The van der Waals surface area contributed by atoms with Crippen molar-refractivity contribution in [1.82, 2.24) is 20.1 Å². The topological polar surface area (TPSA) is 86.3 Å². The third-order valence-electron chi connectivity index (χ3n) is 4.75. The fourth-order valence-electron chi connectivity index (χ4n) is 3.10. The number of amides is 2. The molecule has 1 aromatic carbocycles. The molecule has 11 heteroatoms. The van der Waals surface area contributed by atoms with E-state index in [1.54, 1.807) is 24.5 Å². The molecule has 0 aliphatic carbocycles. The van der Waals surface area contributed by atoms with E-state index in [-0.39, 0.29) is 0 Å². The quantitative estimate of drug-likeness (QED) is 0.619. The van der Waals surface area contributed by atoms with Gasteiger partial charge in [0, 0.05) is 32.4 Å². The van der Waals surface area contributed by atoms with E-state index in [4.69, 9.17) is 0 Å². The van der Waals surface area contributed by atoms with Gasteiger partial charge in [0.15, 0.2) is 29.1 Å². The van der Waals surface area contributed by atoms with Crippen LogP contribution in [-0.2, 0) is 0 Å². The zero-order chi connectivity index (χ0) is 21.8. The number of nitrogens with one attached hydrogen (secondary N) is 2. The Morgan fingerprint density at radius 1 is 0.935 bits per heavy atom. The summed E-state index contributed by atoms with van der Waals surface area (Å²) in [4.78, 5) is 19.8. The number of benzene rings is 1. The molecule has 2 amide bonds. The lowest BCUT2D eigenvalue weighted by Gasteiger charge is -2.35. The lowest BCUT2D eigenvalue weighted by molar-refractivity contribution is 0.208. The maximum atomic E-state index is 13.8. The first-order valence-electron chi connectivity index (χ1n) is 9.46. The smallest absolute Gasteiger partial charge is 0.322 e. The van der Waals surface area contributed by atoms with Crippen molar-refractivity contribution in [2.45, 2.75) is 0 Å². The molecule has 2 N–H and O–H groups in total. The average Bonchev–Trinajstić information content (AvgIpc) is 2.81. The second-order valence-electron chi connectivity index (χ2n) is 6.77. The van der Waals surface area contributed by atoms with Gasteiger partial charge in [-0.3, -0.25) is 4.98 Å². The van der Waals surface area contributed by atoms with Crippen LogP contribution in [0.1, 0.15) is 0 Å². The minimum Gasteiger partial charge on any atom is -0.352 e. The van der Waals surface area contributed by atoms with E-state index in [0.717, 1.165) is 17.8 Å². The van der Waals surface area contributed by atoms with Gasteiger partial charge < -0.3 is 20.4 Å². The van der Waals surface area contributed by atoms with E-state index in [1.165, 1.54) is 4.90 Å². The van der Waals surface area contributed by atoms with E-state index >= 15 is 0 Å². The normalized spacial score (nSPS) is 13.8. The monoisotopic (exact) mass is 429 g/mol. The zero-order valence-corrected chi connectivity index (χ0v) is 16.2. The maximum Gasteiger partial charge on any atom is 0.322 e. The van der Waals surface area contributed by atoms with E-state index in [1.807, 2.05) is 17.0 Å². The van der Waals surface area contributed by atoms with Crippen LogP contribution < -0.4 is 15.5 Å². The third-order valence-corrected chi connectivity index (χ3v) is 4.75. The van der Waals surface area contributed by atoms with E-state index in [0.29, 0.717) is 37.8 Å². The highest BCUT2D eigenvalue weighted by Gasteiger charge is 2.24. The van der Waals surface area contributed by atoms with Gasteiger partial charge in [-0.2, -0.15) is 0 Å². The second-order valence-corrected chi connectivity index (χ2v) is 6.77. The molecule has 2 aromatic heterocycles. The van der Waals surface area contributed by atoms with E-state index in [9.17, 15) is 18.0 Å². The fraction of sp³-hybridized carbons (Fsp3) is 0.200. The van der Waals surface area contributed by atoms with Crippen molar-refractivity contribution in [2.24, 2.45) is 0 Å². The van der Waals surface area contributed by atoms with Crippen LogP contribution in [0.4, 0.5) is 41.0 Å². The second kappa shape index (κ2) is 8.86. The summed E-state index contributed by atoms with van der Waals surface area (Å²) in [5.74, 6) is -3.14. The van der Waals surface area contributed by atoms with Gasteiger partial charge in [-0.25, -0.2) is 18.0 Å². The number of hydrogen-bond acceptors (Lipinski definition) is 6. The summed E-state index contributed by atoms with van der Waals surface area (Å²) < 4.78 is 40.1. The highest BCUT2D eigenvalue weighted by atomic mass is 19.2. The van der Waals surface area contributed by atoms with Crippen LogP contribution in [0.15, 0.2) is 48.8 Å². The predicted molar refractivity (Wildman–Crippen MR) is 109 cm³/mol. The Bertz CT molecular complexity index is 1060. The molecule has 31 heavy (non-hydrogen) atoms. The number of hydrogen-bond donors (Lipinski definition) is 2. The summed E-state index contributed by atoms with van der Waals surface area (Å²) >= 11 is 0. The van der Waals surface area contributed by atoms with Gasteiger partial charge in [-0.1, -0.05) is 0 Å². The van der Waals surface area contributed by atoms with Crippen molar-refractivity contribution in [3.63, 3.8) is 0 Å². The van der Waals surface area contributed by atoms with Crippen molar-refractivity contribution in [1.29, 1.82) is 0 Å². The van der Waals surface area contributed by atoms with Crippen LogP contribution in [0.5, 0.6) is 0 Å². The average molecular weight is 429 g/mol. The van der Waals surface area contributed by atoms with Crippen molar-refractivity contribution >= 4 is 29.0 Å². The first-order valence-corrected chi connectivity index (χ1v) is 9.46. The molecule has 3 aromatic rings. The number of carbonyl (C=O) groups is 1. The van der Waals surface area contributed by atoms with Crippen LogP contribution in [0.3, 0.4) is 0 Å². The van der Waals surface area contributed by atoms with Crippen molar-refractivity contribution in [2.75, 3.05) is 41.7 Å². The molecule has 0 saturated carbocycles. The van der Waals surface area contributed by atoms with Gasteiger partial charge in [-0.05, 0) is 36.4 Å². The fourth-order valence-corrected chi connectivity index (χ4v) is 3.10. The number of nitrogens with zero attached hydrogens (tertiary/aromatic N) is 5. The van der Waals surface area contributed by atoms with Crippen molar-refractivity contribution in [3.8, 4) is 0 Å². The summed E-state index contributed by atoms with van der Waals surface area (Å²) in [6.07, 6.45) is 3.35. The molecule has 0 unspecified atom stereocenters. The van der Waals surface area contributed by atoms with Gasteiger partial charge >= 0.3 is 6.03 Å². The molecule has 3 heterocycles. The summed E-state index contributed by atoms with van der Waals surface area (Å²) in [6.45, 7) is 1.65. The van der Waals surface area contributed by atoms with Gasteiger partial charge in [0.1, 0.15) is 0 Å². The number of pyridine rings is 1. The predicted octanol–water partition coefficient (Wildman–Crippen LogP) is 3.39. The number of piperazine rings is 1. The molecule has 0 bridgehead atoms. The van der Waals surface area contributed by atoms with Crippen molar-refractivity contribution in [3.05, 3.63) is 66.2 Å². The van der Waals surface area contributed by atoms with E-state index in [2.05, 4.69) is 25.8 Å². The van der Waals surface area contributed by atoms with Crippen LogP contribution >= 0.6 is 0 Å². The van der Waals surface area contributed by atoms with Crippen LogP contribution in [0.25, 0.3) is 0 Å². The Morgan fingerprint density at radius 3 is 2.42 bits per heavy atom. The number of urea groups is 1. The highest BCUT2D eigenvalue weighted by Crippen LogP contribution is 2.21. The van der Waals surface area contributed by atoms with Crippen molar-refractivity contribution < 1.29 is 18.0 Å². The number of rotatable bonds is 4. The molecule has 1 aliphatic heterocycles. The van der Waals surface area contributed by atoms with Crippen LogP contribution in [0, 0.1) is 17.5 Å². The molecular formula is C20H18F3N7O. The van der Waals surface area contributed by atoms with Gasteiger partial charge in [0.05, 0.1) is 17.6 Å². The molecule has 0 atom stereocenters. The first-order chi connectivity index (χ1) is 15.0. The third kappa shape index (κ3) is 4.65. The van der Waals surface area contributed by atoms with Gasteiger partial charge in [0.2, 0.25) is 0 Å². The molecule has 1 saturated heterocycles. The minimum absolute atomic E-state index is 0.342. The lowest BCUT2D eigenvalue weighted by atomic mass is 10.2. The largest absolute Gasteiger partial charge is 0.352 e. The molecule has 8 nitrogen and oxygen atoms in total. The van der Waals surface area contributed by atoms with Crippen LogP contribution in [0.2, 0.25) is 0 Å². The van der Waals surface area contributed by atoms with Crippen LogP contribution in [-0.4, -0.2) is 52.3 Å². The van der Waals surface area contributed by atoms with Gasteiger partial charge in [0.25, 0.3) is 0 Å². The molecule has 0 radical (unpaired) electrons. The maximum absolute atomic E-state index is 13.8. The summed E-state index contributed by atoms with van der Waals surface area (Å²) in [7, 11) is 0. The number of carbonyl (C=O) groups excluding carboxylic acids is 1. The first kappa shape index (κ1) is 20.4. The lowest BCUT2D eigenvalue weighted by Crippen LogP contribution is -2.50. The number of aromatic nitrogens is 3. The molecule has 4 rings (SSSR count). The Hall–Kier alpha value is -3.89. The Morgan fingerprint density at radius 2 is 1.74 bits per heavy atom. The zero-order valence-electron chi connectivity index (χ0n) is 16.2. The highest BCUT2D eigenvalue weighted by molar-refractivity contribution is 5.89. The summed E-state index contributed by atoms with van der Waals surface area (Å²) in [6, 6.07) is 8.43. The Balaban J connectivity index is 1.32. The van der Waals surface area contributed by atoms with Gasteiger partial charge in [-0.15, -0.1) is 10.2 Å². The Labute approximate surface area is 175 Å².